The van der Waals surface area contributed by atoms with Gasteiger partial charge >= 0.3 is 5.97 Å². The lowest BCUT2D eigenvalue weighted by Crippen LogP contribution is -2.21. The molecule has 1 aromatic heterocycles. The van der Waals surface area contributed by atoms with E-state index in [-0.39, 0.29) is 11.8 Å². The van der Waals surface area contributed by atoms with E-state index >= 15 is 0 Å². The Labute approximate surface area is 198 Å². The quantitative estimate of drug-likeness (QED) is 0.210. The molecule has 4 nitrogen and oxygen atoms in total. The van der Waals surface area contributed by atoms with Gasteiger partial charge in [-0.2, -0.15) is 0 Å². The van der Waals surface area contributed by atoms with Gasteiger partial charge in [0.25, 0.3) is 0 Å². The van der Waals surface area contributed by atoms with Crippen LogP contribution in [0.25, 0.3) is 21.5 Å². The first-order valence-electron chi connectivity index (χ1n) is 11.4. The van der Waals surface area contributed by atoms with Gasteiger partial charge < -0.3 is 9.30 Å². The first-order valence-corrected chi connectivity index (χ1v) is 11.4. The Balaban J connectivity index is 1.61. The summed E-state index contributed by atoms with van der Waals surface area (Å²) in [5.74, 6) is -0.403. The number of hydrogen-bond donors (Lipinski definition) is 0. The number of carbonyl (C=O) groups excluding carboxylic acids is 2. The van der Waals surface area contributed by atoms with Gasteiger partial charge in [-0.15, -0.1) is 0 Å². The zero-order valence-corrected chi connectivity index (χ0v) is 19.1. The Bertz CT molecular complexity index is 1420. The molecule has 0 saturated carbocycles. The Morgan fingerprint density at radius 2 is 1.26 bits per heavy atom. The highest BCUT2D eigenvalue weighted by Gasteiger charge is 2.26. The molecule has 1 atom stereocenters. The normalized spacial score (nSPS) is 12.2. The predicted molar refractivity (Wildman–Crippen MR) is 135 cm³/mol. The van der Waals surface area contributed by atoms with E-state index in [9.17, 15) is 9.59 Å². The van der Waals surface area contributed by atoms with Crippen LogP contribution in [-0.4, -0.2) is 16.3 Å². The Hall–Kier alpha value is -4.18. The number of benzene rings is 4. The predicted octanol–water partition coefficient (Wildman–Crippen LogP) is 6.89. The van der Waals surface area contributed by atoms with Gasteiger partial charge in [-0.25, -0.2) is 4.79 Å². The van der Waals surface area contributed by atoms with Gasteiger partial charge in [0.05, 0.1) is 0 Å². The van der Waals surface area contributed by atoms with Crippen molar-refractivity contribution in [1.29, 1.82) is 0 Å². The van der Waals surface area contributed by atoms with Crippen LogP contribution < -0.4 is 0 Å². The van der Waals surface area contributed by atoms with Gasteiger partial charge in [0.2, 0.25) is 0 Å². The molecular weight excluding hydrogens is 422 g/mol. The van der Waals surface area contributed by atoms with Crippen molar-refractivity contribution < 1.29 is 14.3 Å². The van der Waals surface area contributed by atoms with Gasteiger partial charge in [-0.05, 0) is 41.5 Å². The van der Waals surface area contributed by atoms with E-state index in [0.717, 1.165) is 32.7 Å². The van der Waals surface area contributed by atoms with Crippen LogP contribution in [0.2, 0.25) is 0 Å². The van der Waals surface area contributed by atoms with E-state index in [1.807, 2.05) is 48.5 Å². The highest BCUT2D eigenvalue weighted by molar-refractivity contribution is 5.94. The van der Waals surface area contributed by atoms with Crippen molar-refractivity contribution >= 4 is 33.3 Å². The molecule has 0 fully saturated rings. The minimum absolute atomic E-state index is 0.0382. The number of esters is 1. The lowest BCUT2D eigenvalue weighted by molar-refractivity contribution is -0.151. The summed E-state index contributed by atoms with van der Waals surface area (Å²) >= 11 is 0. The van der Waals surface area contributed by atoms with Crippen LogP contribution in [0, 0.1) is 0 Å². The molecule has 0 aliphatic heterocycles. The van der Waals surface area contributed by atoms with Crippen molar-refractivity contribution in [1.82, 2.24) is 4.57 Å². The standard InChI is InChI=1S/C30H25NO3/c1-20(31-18-17-24(19-31)21(2)32)30(33)34-29(27-15-7-11-22-9-3-5-13-25(22)27)28-16-8-12-23-10-4-6-14-26(23)28/h3-20,29H,1-2H3/t20-/m0/s1. The molecule has 0 aliphatic rings. The van der Waals surface area contributed by atoms with Crippen molar-refractivity contribution in [2.24, 2.45) is 0 Å². The number of Topliss-reactive ketones (excluding diaryl/α,β-unsaturated/α-hetero) is 1. The molecule has 0 amide bonds. The Morgan fingerprint density at radius 1 is 0.735 bits per heavy atom. The second kappa shape index (κ2) is 8.99. The molecule has 0 aliphatic carbocycles. The first-order chi connectivity index (χ1) is 16.5. The molecular formula is C30H25NO3. The fourth-order valence-electron chi connectivity index (χ4n) is 4.45. The van der Waals surface area contributed by atoms with Gasteiger partial charge in [0.15, 0.2) is 11.9 Å². The van der Waals surface area contributed by atoms with Crippen LogP contribution in [0.3, 0.4) is 0 Å². The second-order valence-electron chi connectivity index (χ2n) is 8.53. The topological polar surface area (TPSA) is 48.3 Å². The fraction of sp³-hybridized carbons (Fsp3) is 0.133. The van der Waals surface area contributed by atoms with Crippen molar-refractivity contribution in [2.45, 2.75) is 26.0 Å². The summed E-state index contributed by atoms with van der Waals surface area (Å²) in [5.41, 5.74) is 2.44. The van der Waals surface area contributed by atoms with Crippen LogP contribution in [0.5, 0.6) is 0 Å². The largest absolute Gasteiger partial charge is 0.451 e. The Morgan fingerprint density at radius 3 is 1.79 bits per heavy atom. The maximum atomic E-state index is 13.4. The molecule has 0 saturated heterocycles. The van der Waals surface area contributed by atoms with Gasteiger partial charge in [0.1, 0.15) is 6.04 Å². The summed E-state index contributed by atoms with van der Waals surface area (Å²) in [6, 6.07) is 29.6. The summed E-state index contributed by atoms with van der Waals surface area (Å²) in [6.45, 7) is 3.30. The number of hydrogen-bond acceptors (Lipinski definition) is 3. The fourth-order valence-corrected chi connectivity index (χ4v) is 4.45. The van der Waals surface area contributed by atoms with Gasteiger partial charge in [-0.3, -0.25) is 4.79 Å². The molecule has 168 valence electrons. The average Bonchev–Trinajstić information content (AvgIpc) is 3.37. The van der Waals surface area contributed by atoms with Crippen molar-refractivity contribution in [3.8, 4) is 0 Å². The minimum atomic E-state index is -0.588. The van der Waals surface area contributed by atoms with E-state index in [4.69, 9.17) is 4.74 Å². The highest BCUT2D eigenvalue weighted by atomic mass is 16.5. The summed E-state index contributed by atoms with van der Waals surface area (Å²) < 4.78 is 8.00. The van der Waals surface area contributed by atoms with E-state index < -0.39 is 12.1 Å². The van der Waals surface area contributed by atoms with Crippen LogP contribution in [-0.2, 0) is 9.53 Å². The van der Waals surface area contributed by atoms with Crippen molar-refractivity contribution in [3.05, 3.63) is 120 Å². The Kier molecular flexibility index (Phi) is 5.72. The van der Waals surface area contributed by atoms with Crippen LogP contribution in [0.4, 0.5) is 0 Å². The number of rotatable bonds is 6. The molecule has 1 heterocycles. The minimum Gasteiger partial charge on any atom is -0.451 e. The average molecular weight is 448 g/mol. The molecule has 5 aromatic rings. The molecule has 4 heteroatoms. The molecule has 0 bridgehead atoms. The maximum absolute atomic E-state index is 13.4. The third kappa shape index (κ3) is 3.99. The number of carbonyl (C=O) groups is 2. The van der Waals surface area contributed by atoms with E-state index in [1.165, 1.54) is 6.92 Å². The number of aromatic nitrogens is 1. The summed E-state index contributed by atoms with van der Waals surface area (Å²) in [6.07, 6.45) is 2.85. The van der Waals surface area contributed by atoms with E-state index in [0.29, 0.717) is 5.56 Å². The lowest BCUT2D eigenvalue weighted by atomic mass is 9.92. The third-order valence-electron chi connectivity index (χ3n) is 6.35. The first kappa shape index (κ1) is 21.7. The van der Waals surface area contributed by atoms with Crippen LogP contribution >= 0.6 is 0 Å². The molecule has 34 heavy (non-hydrogen) atoms. The third-order valence-corrected chi connectivity index (χ3v) is 6.35. The summed E-state index contributed by atoms with van der Waals surface area (Å²) in [4.78, 5) is 25.1. The molecule has 0 spiro atoms. The smallest absolute Gasteiger partial charge is 0.329 e. The number of ether oxygens (including phenoxy) is 1. The molecule has 0 N–H and O–H groups in total. The molecule has 0 unspecified atom stereocenters. The molecule has 5 rings (SSSR count). The van der Waals surface area contributed by atoms with E-state index in [1.54, 1.807) is 30.0 Å². The van der Waals surface area contributed by atoms with Gasteiger partial charge in [0, 0.05) is 29.1 Å². The summed E-state index contributed by atoms with van der Waals surface area (Å²) in [5, 5.41) is 4.27. The zero-order valence-electron chi connectivity index (χ0n) is 19.1. The van der Waals surface area contributed by atoms with Crippen molar-refractivity contribution in [2.75, 3.05) is 0 Å². The molecule has 0 radical (unpaired) electrons. The monoisotopic (exact) mass is 447 g/mol. The number of ketones is 1. The highest BCUT2D eigenvalue weighted by Crippen LogP contribution is 2.36. The zero-order chi connectivity index (χ0) is 23.7. The van der Waals surface area contributed by atoms with Crippen LogP contribution in [0.1, 0.15) is 47.5 Å². The van der Waals surface area contributed by atoms with Gasteiger partial charge in [-0.1, -0.05) is 84.9 Å². The lowest BCUT2D eigenvalue weighted by Gasteiger charge is -2.24. The maximum Gasteiger partial charge on any atom is 0.329 e. The summed E-state index contributed by atoms with van der Waals surface area (Å²) in [7, 11) is 0. The van der Waals surface area contributed by atoms with Crippen LogP contribution in [0.15, 0.2) is 103 Å². The van der Waals surface area contributed by atoms with Crippen molar-refractivity contribution in [3.63, 3.8) is 0 Å². The second-order valence-corrected chi connectivity index (χ2v) is 8.53. The van der Waals surface area contributed by atoms with E-state index in [2.05, 4.69) is 36.4 Å². The SMILES string of the molecule is CC(=O)c1ccn([C@@H](C)C(=O)OC(c2cccc3ccccc23)c2cccc3ccccc23)c1. The number of nitrogens with zero attached hydrogens (tertiary/aromatic N) is 1. The molecule has 4 aromatic carbocycles. The number of fused-ring (bicyclic) bond motifs is 2.